The molecule has 0 aliphatic rings. The summed E-state index contributed by atoms with van der Waals surface area (Å²) in [7, 11) is 0. The normalized spacial score (nSPS) is 12.4. The molecule has 0 saturated heterocycles. The number of benzene rings is 2. The van der Waals surface area contributed by atoms with Crippen molar-refractivity contribution in [2.45, 2.75) is 46.6 Å². The van der Waals surface area contributed by atoms with Crippen molar-refractivity contribution in [1.29, 1.82) is 0 Å². The molecule has 1 atom stereocenters. The first-order valence-corrected chi connectivity index (χ1v) is 7.33. The van der Waals surface area contributed by atoms with E-state index >= 15 is 0 Å². The standard InChI is InChI=1S/C19H25N/c1-13-7-14(2)9-18(8-13)12-19(20)11-17-6-5-15(3)16(4)10-17/h5-10,19H,11-12,20H2,1-4H3. The molecule has 0 aliphatic heterocycles. The topological polar surface area (TPSA) is 26.0 Å². The lowest BCUT2D eigenvalue weighted by Crippen LogP contribution is -2.25. The predicted octanol–water partition coefficient (Wildman–Crippen LogP) is 4.03. The lowest BCUT2D eigenvalue weighted by Gasteiger charge is -2.14. The third kappa shape index (κ3) is 3.94. The largest absolute Gasteiger partial charge is 0.327 e. The highest BCUT2D eigenvalue weighted by Gasteiger charge is 2.07. The zero-order valence-corrected chi connectivity index (χ0v) is 13.0. The van der Waals surface area contributed by atoms with Crippen LogP contribution in [0.4, 0.5) is 0 Å². The summed E-state index contributed by atoms with van der Waals surface area (Å²) in [4.78, 5) is 0. The van der Waals surface area contributed by atoms with Crippen molar-refractivity contribution in [3.63, 3.8) is 0 Å². The molecule has 0 fully saturated rings. The van der Waals surface area contributed by atoms with Gasteiger partial charge in [-0.05, 0) is 62.8 Å². The molecular weight excluding hydrogens is 242 g/mol. The van der Waals surface area contributed by atoms with E-state index in [2.05, 4.69) is 64.1 Å². The second-order valence-electron chi connectivity index (χ2n) is 6.08. The van der Waals surface area contributed by atoms with Crippen molar-refractivity contribution in [3.05, 3.63) is 69.8 Å². The fourth-order valence-electron chi connectivity index (χ4n) is 2.79. The van der Waals surface area contributed by atoms with E-state index in [4.69, 9.17) is 5.73 Å². The molecular formula is C19H25N. The van der Waals surface area contributed by atoms with Crippen LogP contribution in [0.5, 0.6) is 0 Å². The second kappa shape index (κ2) is 6.23. The second-order valence-corrected chi connectivity index (χ2v) is 6.08. The Kier molecular flexibility index (Phi) is 4.61. The monoisotopic (exact) mass is 267 g/mol. The van der Waals surface area contributed by atoms with E-state index in [-0.39, 0.29) is 6.04 Å². The van der Waals surface area contributed by atoms with Gasteiger partial charge in [-0.3, -0.25) is 0 Å². The summed E-state index contributed by atoms with van der Waals surface area (Å²) < 4.78 is 0. The zero-order chi connectivity index (χ0) is 14.7. The molecule has 20 heavy (non-hydrogen) atoms. The van der Waals surface area contributed by atoms with E-state index in [0.717, 1.165) is 12.8 Å². The predicted molar refractivity (Wildman–Crippen MR) is 87.2 cm³/mol. The van der Waals surface area contributed by atoms with Crippen molar-refractivity contribution in [1.82, 2.24) is 0 Å². The summed E-state index contributed by atoms with van der Waals surface area (Å²) in [5, 5.41) is 0. The van der Waals surface area contributed by atoms with E-state index in [1.807, 2.05) is 0 Å². The molecule has 1 heteroatoms. The van der Waals surface area contributed by atoms with Crippen molar-refractivity contribution < 1.29 is 0 Å². The smallest absolute Gasteiger partial charge is 0.0120 e. The summed E-state index contributed by atoms with van der Waals surface area (Å²) in [6.45, 7) is 8.60. The van der Waals surface area contributed by atoms with Gasteiger partial charge in [0.2, 0.25) is 0 Å². The summed E-state index contributed by atoms with van der Waals surface area (Å²) >= 11 is 0. The van der Waals surface area contributed by atoms with Crippen LogP contribution in [0.1, 0.15) is 33.4 Å². The van der Waals surface area contributed by atoms with Crippen molar-refractivity contribution >= 4 is 0 Å². The van der Waals surface area contributed by atoms with Gasteiger partial charge in [-0.1, -0.05) is 47.5 Å². The van der Waals surface area contributed by atoms with Crippen molar-refractivity contribution in [2.24, 2.45) is 5.73 Å². The molecule has 2 aromatic carbocycles. The van der Waals surface area contributed by atoms with E-state index in [1.54, 1.807) is 0 Å². The van der Waals surface area contributed by atoms with Crippen LogP contribution in [0.25, 0.3) is 0 Å². The molecule has 106 valence electrons. The van der Waals surface area contributed by atoms with Gasteiger partial charge in [0.25, 0.3) is 0 Å². The van der Waals surface area contributed by atoms with Crippen LogP contribution in [0.2, 0.25) is 0 Å². The highest BCUT2D eigenvalue weighted by molar-refractivity contribution is 5.32. The third-order valence-corrected chi connectivity index (χ3v) is 3.85. The Morgan fingerprint density at radius 2 is 1.35 bits per heavy atom. The van der Waals surface area contributed by atoms with Gasteiger partial charge in [-0.15, -0.1) is 0 Å². The Bertz CT molecular complexity index is 578. The lowest BCUT2D eigenvalue weighted by atomic mass is 9.96. The van der Waals surface area contributed by atoms with Crippen LogP contribution in [-0.4, -0.2) is 6.04 Å². The summed E-state index contributed by atoms with van der Waals surface area (Å²) in [6.07, 6.45) is 1.88. The number of aryl methyl sites for hydroxylation is 4. The first kappa shape index (κ1) is 14.8. The summed E-state index contributed by atoms with van der Waals surface area (Å²) in [5.41, 5.74) is 14.3. The minimum atomic E-state index is 0.179. The van der Waals surface area contributed by atoms with Crippen LogP contribution in [0, 0.1) is 27.7 Å². The van der Waals surface area contributed by atoms with Gasteiger partial charge in [0.05, 0.1) is 0 Å². The van der Waals surface area contributed by atoms with E-state index in [9.17, 15) is 0 Å². The molecule has 2 aromatic rings. The molecule has 0 heterocycles. The molecule has 2 rings (SSSR count). The van der Waals surface area contributed by atoms with Crippen LogP contribution in [0.3, 0.4) is 0 Å². The Morgan fingerprint density at radius 1 is 0.750 bits per heavy atom. The Balaban J connectivity index is 2.04. The van der Waals surface area contributed by atoms with Gasteiger partial charge in [0, 0.05) is 6.04 Å². The fraction of sp³-hybridized carbons (Fsp3) is 0.368. The Labute approximate surface area is 122 Å². The molecule has 2 N–H and O–H groups in total. The first-order valence-electron chi connectivity index (χ1n) is 7.33. The van der Waals surface area contributed by atoms with E-state index < -0.39 is 0 Å². The molecule has 0 radical (unpaired) electrons. The van der Waals surface area contributed by atoms with Gasteiger partial charge >= 0.3 is 0 Å². The first-order chi connectivity index (χ1) is 9.44. The maximum absolute atomic E-state index is 6.33. The minimum Gasteiger partial charge on any atom is -0.327 e. The van der Waals surface area contributed by atoms with Crippen molar-refractivity contribution in [2.75, 3.05) is 0 Å². The minimum absolute atomic E-state index is 0.179. The van der Waals surface area contributed by atoms with Gasteiger partial charge in [-0.25, -0.2) is 0 Å². The number of hydrogen-bond acceptors (Lipinski definition) is 1. The molecule has 0 spiro atoms. The Morgan fingerprint density at radius 3 is 1.95 bits per heavy atom. The van der Waals surface area contributed by atoms with E-state index in [0.29, 0.717) is 0 Å². The number of rotatable bonds is 4. The average Bonchev–Trinajstić information content (AvgIpc) is 2.32. The molecule has 0 amide bonds. The van der Waals surface area contributed by atoms with Gasteiger partial charge < -0.3 is 5.73 Å². The summed E-state index contributed by atoms with van der Waals surface area (Å²) in [5.74, 6) is 0. The molecule has 0 aromatic heterocycles. The van der Waals surface area contributed by atoms with Crippen LogP contribution >= 0.6 is 0 Å². The third-order valence-electron chi connectivity index (χ3n) is 3.85. The van der Waals surface area contributed by atoms with Gasteiger partial charge in [-0.2, -0.15) is 0 Å². The maximum atomic E-state index is 6.33. The SMILES string of the molecule is Cc1cc(C)cc(CC(N)Cc2ccc(C)c(C)c2)c1. The van der Waals surface area contributed by atoms with Crippen LogP contribution < -0.4 is 5.73 Å². The lowest BCUT2D eigenvalue weighted by molar-refractivity contribution is 0.664. The quantitative estimate of drug-likeness (QED) is 0.889. The molecule has 0 saturated carbocycles. The highest BCUT2D eigenvalue weighted by atomic mass is 14.6. The number of hydrogen-bond donors (Lipinski definition) is 1. The molecule has 1 unspecified atom stereocenters. The van der Waals surface area contributed by atoms with Gasteiger partial charge in [0.15, 0.2) is 0 Å². The van der Waals surface area contributed by atoms with E-state index in [1.165, 1.54) is 33.4 Å². The zero-order valence-electron chi connectivity index (χ0n) is 13.0. The Hall–Kier alpha value is -1.60. The molecule has 0 bridgehead atoms. The highest BCUT2D eigenvalue weighted by Crippen LogP contribution is 2.14. The van der Waals surface area contributed by atoms with Crippen molar-refractivity contribution in [3.8, 4) is 0 Å². The van der Waals surface area contributed by atoms with Crippen LogP contribution in [-0.2, 0) is 12.8 Å². The van der Waals surface area contributed by atoms with Gasteiger partial charge in [0.1, 0.15) is 0 Å². The molecule has 1 nitrogen and oxygen atoms in total. The number of nitrogens with two attached hydrogens (primary N) is 1. The fourth-order valence-corrected chi connectivity index (χ4v) is 2.79. The molecule has 0 aliphatic carbocycles. The maximum Gasteiger partial charge on any atom is 0.0120 e. The average molecular weight is 267 g/mol. The summed E-state index contributed by atoms with van der Waals surface area (Å²) in [6, 6.07) is 13.5. The van der Waals surface area contributed by atoms with Crippen LogP contribution in [0.15, 0.2) is 36.4 Å².